The Hall–Kier alpha value is -3.56. The molecule has 0 saturated heterocycles. The van der Waals surface area contributed by atoms with Crippen LogP contribution in [-0.4, -0.2) is 22.4 Å². The van der Waals surface area contributed by atoms with Crippen molar-refractivity contribution >= 4 is 51.8 Å². The van der Waals surface area contributed by atoms with Crippen molar-refractivity contribution in [1.82, 2.24) is 5.43 Å². The molecule has 3 rings (SSSR count). The summed E-state index contributed by atoms with van der Waals surface area (Å²) in [5, 5.41) is 17.8. The summed E-state index contributed by atoms with van der Waals surface area (Å²) in [7, 11) is 0. The number of amides is 2. The van der Waals surface area contributed by atoms with Crippen molar-refractivity contribution in [3.63, 3.8) is 0 Å². The first kappa shape index (κ1) is 22.1. The molecule has 0 bridgehead atoms. The number of hydrazone groups is 1. The first-order chi connectivity index (χ1) is 14.7. The molecule has 2 N–H and O–H groups in total. The molecule has 2 amide bonds. The number of hydrogen-bond acceptors (Lipinski definition) is 6. The van der Waals surface area contributed by atoms with Gasteiger partial charge in [0.1, 0.15) is 0 Å². The van der Waals surface area contributed by atoms with Crippen molar-refractivity contribution in [2.45, 2.75) is 13.8 Å². The number of aryl methyl sites for hydroxylation is 1. The average Bonchev–Trinajstić information content (AvgIpc) is 3.18. The summed E-state index contributed by atoms with van der Waals surface area (Å²) in [4.78, 5) is 35.4. The largest absolute Gasteiger partial charge is 0.321 e. The van der Waals surface area contributed by atoms with Gasteiger partial charge in [-0.05, 0) is 55.8 Å². The Labute approximate surface area is 186 Å². The van der Waals surface area contributed by atoms with Crippen LogP contribution < -0.4 is 10.7 Å². The first-order valence-electron chi connectivity index (χ1n) is 9.01. The summed E-state index contributed by atoms with van der Waals surface area (Å²) >= 11 is 7.04. The summed E-state index contributed by atoms with van der Waals surface area (Å²) < 4.78 is 0.540. The van der Waals surface area contributed by atoms with Crippen LogP contribution in [-0.2, 0) is 0 Å². The van der Waals surface area contributed by atoms with Crippen LogP contribution >= 0.6 is 22.9 Å². The monoisotopic (exact) mass is 456 g/mol. The first-order valence-corrected chi connectivity index (χ1v) is 10.2. The Kier molecular flexibility index (Phi) is 6.78. The van der Waals surface area contributed by atoms with E-state index >= 15 is 0 Å². The highest BCUT2D eigenvalue weighted by Gasteiger charge is 2.14. The number of thiophene rings is 1. The molecule has 0 fully saturated rings. The summed E-state index contributed by atoms with van der Waals surface area (Å²) in [6, 6.07) is 14.4. The van der Waals surface area contributed by atoms with E-state index in [9.17, 15) is 19.7 Å². The van der Waals surface area contributed by atoms with Gasteiger partial charge < -0.3 is 5.32 Å². The molecule has 31 heavy (non-hydrogen) atoms. The van der Waals surface area contributed by atoms with Crippen LogP contribution in [0.4, 0.5) is 11.4 Å². The zero-order valence-electron chi connectivity index (χ0n) is 16.5. The quantitative estimate of drug-likeness (QED) is 0.307. The number of carbonyl (C=O) groups is 2. The molecule has 2 aromatic carbocycles. The van der Waals surface area contributed by atoms with Gasteiger partial charge in [0, 0.05) is 22.9 Å². The molecule has 0 saturated carbocycles. The van der Waals surface area contributed by atoms with Gasteiger partial charge in [0.25, 0.3) is 17.5 Å². The van der Waals surface area contributed by atoms with Gasteiger partial charge in [0.05, 0.1) is 19.8 Å². The average molecular weight is 457 g/mol. The normalized spacial score (nSPS) is 11.1. The van der Waals surface area contributed by atoms with Crippen molar-refractivity contribution < 1.29 is 14.5 Å². The second-order valence-electron chi connectivity index (χ2n) is 6.53. The van der Waals surface area contributed by atoms with Gasteiger partial charge in [-0.25, -0.2) is 5.43 Å². The lowest BCUT2D eigenvalue weighted by Gasteiger charge is -2.06. The van der Waals surface area contributed by atoms with Gasteiger partial charge >= 0.3 is 0 Å². The van der Waals surface area contributed by atoms with E-state index in [0.29, 0.717) is 26.2 Å². The fourth-order valence-corrected chi connectivity index (χ4v) is 3.63. The molecule has 0 radical (unpaired) electrons. The molecule has 0 aliphatic carbocycles. The van der Waals surface area contributed by atoms with Crippen molar-refractivity contribution in [3.05, 3.63) is 90.6 Å². The molecule has 0 atom stereocenters. The Morgan fingerprint density at radius 1 is 1.03 bits per heavy atom. The minimum Gasteiger partial charge on any atom is -0.321 e. The predicted octanol–water partition coefficient (Wildman–Crippen LogP) is 5.02. The minimum absolute atomic E-state index is 0.0504. The van der Waals surface area contributed by atoms with Crippen LogP contribution in [0.3, 0.4) is 0 Å². The third-order valence-electron chi connectivity index (χ3n) is 4.34. The number of nitrogens with one attached hydrogen (secondary N) is 2. The van der Waals surface area contributed by atoms with Gasteiger partial charge in [0.2, 0.25) is 0 Å². The van der Waals surface area contributed by atoms with E-state index in [4.69, 9.17) is 11.6 Å². The molecule has 0 unspecified atom stereocenters. The van der Waals surface area contributed by atoms with Gasteiger partial charge in [0.15, 0.2) is 0 Å². The zero-order valence-corrected chi connectivity index (χ0v) is 18.1. The molecule has 1 heterocycles. The standard InChI is InChI=1S/C21H17ClN4O4S/c1-12-11-15(5-8-17(12)26(29)30)20(27)25-24-13(2)14-3-6-16(7-4-14)23-21(28)18-9-10-19(22)31-18/h3-11H,1-2H3,(H,23,28)(H,25,27)/b24-13-. The van der Waals surface area contributed by atoms with E-state index < -0.39 is 10.8 Å². The van der Waals surface area contributed by atoms with Gasteiger partial charge in [-0.15, -0.1) is 11.3 Å². The molecule has 8 nitrogen and oxygen atoms in total. The summed E-state index contributed by atoms with van der Waals surface area (Å²) in [5.41, 5.74) is 4.96. The lowest BCUT2D eigenvalue weighted by molar-refractivity contribution is -0.385. The molecular formula is C21H17ClN4O4S. The number of rotatable bonds is 6. The zero-order chi connectivity index (χ0) is 22.5. The number of hydrogen-bond donors (Lipinski definition) is 2. The number of nitro groups is 1. The number of carbonyl (C=O) groups excluding carboxylic acids is 2. The van der Waals surface area contributed by atoms with E-state index in [-0.39, 0.29) is 17.2 Å². The SMILES string of the molecule is C/C(=N/NC(=O)c1ccc([N+](=O)[O-])c(C)c1)c1ccc(NC(=O)c2ccc(Cl)s2)cc1. The smallest absolute Gasteiger partial charge is 0.272 e. The Balaban J connectivity index is 1.63. The number of anilines is 1. The van der Waals surface area contributed by atoms with Crippen LogP contribution in [0.25, 0.3) is 0 Å². The summed E-state index contributed by atoms with van der Waals surface area (Å²) in [6.07, 6.45) is 0. The van der Waals surface area contributed by atoms with Crippen LogP contribution in [0.15, 0.2) is 59.7 Å². The Morgan fingerprint density at radius 3 is 2.29 bits per heavy atom. The van der Waals surface area contributed by atoms with Crippen molar-refractivity contribution in [3.8, 4) is 0 Å². The van der Waals surface area contributed by atoms with E-state index in [1.165, 1.54) is 29.5 Å². The third kappa shape index (κ3) is 5.53. The van der Waals surface area contributed by atoms with E-state index in [1.807, 2.05) is 0 Å². The number of halogens is 1. The minimum atomic E-state index is -0.499. The topological polar surface area (TPSA) is 114 Å². The van der Waals surface area contributed by atoms with E-state index in [1.54, 1.807) is 50.2 Å². The van der Waals surface area contributed by atoms with Crippen molar-refractivity contribution in [2.75, 3.05) is 5.32 Å². The van der Waals surface area contributed by atoms with Gasteiger partial charge in [-0.1, -0.05) is 23.7 Å². The fraction of sp³-hybridized carbons (Fsp3) is 0.0952. The maximum absolute atomic E-state index is 12.3. The van der Waals surface area contributed by atoms with E-state index in [0.717, 1.165) is 5.56 Å². The molecule has 10 heteroatoms. The van der Waals surface area contributed by atoms with Crippen molar-refractivity contribution in [2.24, 2.45) is 5.10 Å². The fourth-order valence-electron chi connectivity index (χ4n) is 2.69. The Morgan fingerprint density at radius 2 is 1.71 bits per heavy atom. The second-order valence-corrected chi connectivity index (χ2v) is 8.25. The lowest BCUT2D eigenvalue weighted by atomic mass is 10.1. The number of nitro benzene ring substituents is 1. The maximum Gasteiger partial charge on any atom is 0.272 e. The Bertz CT molecular complexity index is 1190. The summed E-state index contributed by atoms with van der Waals surface area (Å²) in [5.74, 6) is -0.725. The predicted molar refractivity (Wildman–Crippen MR) is 121 cm³/mol. The highest BCUT2D eigenvalue weighted by Crippen LogP contribution is 2.22. The second kappa shape index (κ2) is 9.50. The molecule has 3 aromatic rings. The van der Waals surface area contributed by atoms with Crippen LogP contribution in [0.5, 0.6) is 0 Å². The highest BCUT2D eigenvalue weighted by atomic mass is 35.5. The van der Waals surface area contributed by atoms with Crippen LogP contribution in [0.1, 0.15) is 38.1 Å². The van der Waals surface area contributed by atoms with Gasteiger partial charge in [-0.2, -0.15) is 5.10 Å². The molecule has 1 aromatic heterocycles. The molecule has 0 aliphatic rings. The van der Waals surface area contributed by atoms with Crippen LogP contribution in [0, 0.1) is 17.0 Å². The molecular weight excluding hydrogens is 440 g/mol. The van der Waals surface area contributed by atoms with Crippen molar-refractivity contribution in [1.29, 1.82) is 0 Å². The van der Waals surface area contributed by atoms with Crippen LogP contribution in [0.2, 0.25) is 4.34 Å². The summed E-state index contributed by atoms with van der Waals surface area (Å²) in [6.45, 7) is 3.29. The van der Waals surface area contributed by atoms with E-state index in [2.05, 4.69) is 15.8 Å². The number of nitrogens with zero attached hydrogens (tertiary/aromatic N) is 2. The van der Waals surface area contributed by atoms with Gasteiger partial charge in [-0.3, -0.25) is 19.7 Å². The molecule has 0 spiro atoms. The third-order valence-corrected chi connectivity index (χ3v) is 5.57. The number of benzene rings is 2. The highest BCUT2D eigenvalue weighted by molar-refractivity contribution is 7.18. The molecule has 158 valence electrons. The maximum atomic E-state index is 12.3. The lowest BCUT2D eigenvalue weighted by Crippen LogP contribution is -2.19. The molecule has 0 aliphatic heterocycles.